The summed E-state index contributed by atoms with van der Waals surface area (Å²) in [4.78, 5) is 11.0. The third-order valence-corrected chi connectivity index (χ3v) is 3.26. The van der Waals surface area contributed by atoms with Gasteiger partial charge in [-0.05, 0) is 12.3 Å². The first kappa shape index (κ1) is 18.4. The van der Waals surface area contributed by atoms with Gasteiger partial charge in [0, 0.05) is 13.0 Å². The van der Waals surface area contributed by atoms with Gasteiger partial charge in [0.1, 0.15) is 6.10 Å². The molecule has 0 rings (SSSR count). The molecule has 114 valence electrons. The highest BCUT2D eigenvalue weighted by molar-refractivity contribution is 5.75. The van der Waals surface area contributed by atoms with Crippen LogP contribution in [0, 0.1) is 5.92 Å². The van der Waals surface area contributed by atoms with E-state index < -0.39 is 12.4 Å². The van der Waals surface area contributed by atoms with E-state index in [1.165, 1.54) is 0 Å². The highest BCUT2D eigenvalue weighted by atomic mass is 16.6. The van der Waals surface area contributed by atoms with Crippen molar-refractivity contribution in [2.24, 2.45) is 5.92 Å². The molecule has 3 unspecified atom stereocenters. The molecule has 0 heterocycles. The van der Waals surface area contributed by atoms with E-state index in [-0.39, 0.29) is 18.4 Å². The minimum Gasteiger partial charge on any atom is -0.388 e. The van der Waals surface area contributed by atoms with Gasteiger partial charge in [0.25, 0.3) is 0 Å². The number of aliphatic hydroxyl groups excluding tert-OH is 2. The van der Waals surface area contributed by atoms with E-state index in [0.29, 0.717) is 13.0 Å². The molecule has 0 bridgehead atoms. The summed E-state index contributed by atoms with van der Waals surface area (Å²) in [6.45, 7) is 6.42. The first-order valence-corrected chi connectivity index (χ1v) is 7.31. The molecule has 0 aromatic rings. The van der Waals surface area contributed by atoms with E-state index >= 15 is 0 Å². The third-order valence-electron chi connectivity index (χ3n) is 3.26. The molecule has 0 radical (unpaired) electrons. The van der Waals surface area contributed by atoms with Gasteiger partial charge in [-0.1, -0.05) is 40.0 Å². The number of rotatable bonds is 11. The van der Waals surface area contributed by atoms with E-state index in [9.17, 15) is 15.0 Å². The lowest BCUT2D eigenvalue weighted by Gasteiger charge is -2.26. The van der Waals surface area contributed by atoms with Gasteiger partial charge < -0.3 is 20.3 Å². The lowest BCUT2D eigenvalue weighted by molar-refractivity contribution is -0.176. The van der Waals surface area contributed by atoms with Gasteiger partial charge in [-0.2, -0.15) is 0 Å². The average molecular weight is 275 g/mol. The zero-order valence-electron chi connectivity index (χ0n) is 12.4. The summed E-state index contributed by atoms with van der Waals surface area (Å²) in [5.74, 6) is 0.00759. The van der Waals surface area contributed by atoms with Gasteiger partial charge in [-0.15, -0.1) is 0 Å². The van der Waals surface area contributed by atoms with Crippen LogP contribution in [0.25, 0.3) is 0 Å². The predicted molar refractivity (Wildman–Crippen MR) is 74.6 cm³/mol. The maximum Gasteiger partial charge on any atom is 0.219 e. The first-order chi connectivity index (χ1) is 9.06. The van der Waals surface area contributed by atoms with E-state index in [0.717, 1.165) is 25.7 Å². The van der Waals surface area contributed by atoms with Crippen LogP contribution in [0.3, 0.4) is 0 Å². The molecule has 0 saturated heterocycles. The number of carbonyl (C=O) groups is 1. The second-order valence-electron chi connectivity index (χ2n) is 4.77. The average Bonchev–Trinajstić information content (AvgIpc) is 2.43. The van der Waals surface area contributed by atoms with Crippen LogP contribution in [-0.2, 0) is 9.53 Å². The quantitative estimate of drug-likeness (QED) is 0.394. The second-order valence-corrected chi connectivity index (χ2v) is 4.77. The number of ether oxygens (including phenoxy) is 1. The van der Waals surface area contributed by atoms with Crippen molar-refractivity contribution in [2.75, 3.05) is 13.2 Å². The second kappa shape index (κ2) is 11.2. The van der Waals surface area contributed by atoms with Crippen LogP contribution in [0.1, 0.15) is 52.9 Å². The van der Waals surface area contributed by atoms with Crippen LogP contribution in [0.15, 0.2) is 0 Å². The van der Waals surface area contributed by atoms with Gasteiger partial charge in [-0.3, -0.25) is 4.79 Å². The van der Waals surface area contributed by atoms with Crippen LogP contribution in [-0.4, -0.2) is 41.7 Å². The molecule has 0 aromatic carbocycles. The number of nitrogens with one attached hydrogen (secondary N) is 1. The Kier molecular flexibility index (Phi) is 10.8. The monoisotopic (exact) mass is 275 g/mol. The summed E-state index contributed by atoms with van der Waals surface area (Å²) in [5.41, 5.74) is 0. The third kappa shape index (κ3) is 8.18. The molecule has 3 N–H and O–H groups in total. The fraction of sp³-hybridized carbons (Fsp3) is 0.929. The minimum absolute atomic E-state index is 0.0481. The molecule has 0 aromatic heterocycles. The number of unbranched alkanes of at least 4 members (excludes halogenated alkanes) is 1. The van der Waals surface area contributed by atoms with Crippen molar-refractivity contribution in [1.29, 1.82) is 0 Å². The van der Waals surface area contributed by atoms with Crippen molar-refractivity contribution in [2.45, 2.75) is 65.3 Å². The molecule has 19 heavy (non-hydrogen) atoms. The Morgan fingerprint density at radius 3 is 2.47 bits per heavy atom. The largest absolute Gasteiger partial charge is 0.388 e. The van der Waals surface area contributed by atoms with E-state index in [1.54, 1.807) is 6.92 Å². The zero-order valence-corrected chi connectivity index (χ0v) is 12.4. The molecule has 5 nitrogen and oxygen atoms in total. The molecule has 0 aliphatic carbocycles. The van der Waals surface area contributed by atoms with Gasteiger partial charge in [0.2, 0.25) is 5.91 Å². The number of hydrogen-bond acceptors (Lipinski definition) is 4. The predicted octanol–water partition coefficient (Wildman–Crippen LogP) is 1.42. The molecule has 1 amide bonds. The van der Waals surface area contributed by atoms with Crippen molar-refractivity contribution in [3.8, 4) is 0 Å². The Morgan fingerprint density at radius 1 is 1.26 bits per heavy atom. The van der Waals surface area contributed by atoms with E-state index in [4.69, 9.17) is 4.74 Å². The highest BCUT2D eigenvalue weighted by Crippen LogP contribution is 2.19. The molecular weight excluding hydrogens is 246 g/mol. The Labute approximate surface area is 116 Å². The minimum atomic E-state index is -1.18. The maximum atomic E-state index is 11.0. The maximum absolute atomic E-state index is 11.0. The molecule has 0 saturated carbocycles. The fourth-order valence-electron chi connectivity index (χ4n) is 1.91. The Balaban J connectivity index is 3.89. The topological polar surface area (TPSA) is 78.8 Å². The summed E-state index contributed by atoms with van der Waals surface area (Å²) in [7, 11) is 0. The molecule has 5 heteroatoms. The lowest BCUT2D eigenvalue weighted by atomic mass is 9.93. The van der Waals surface area contributed by atoms with Crippen LogP contribution in [0.5, 0.6) is 0 Å². The van der Waals surface area contributed by atoms with Gasteiger partial charge in [-0.25, -0.2) is 0 Å². The Hall–Kier alpha value is -0.650. The summed E-state index contributed by atoms with van der Waals surface area (Å²) in [6, 6.07) is 0. The molecular formula is C14H29NO4. The van der Waals surface area contributed by atoms with Crippen LogP contribution < -0.4 is 5.32 Å². The summed E-state index contributed by atoms with van der Waals surface area (Å²) in [5, 5.41) is 22.4. The summed E-state index contributed by atoms with van der Waals surface area (Å²) >= 11 is 0. The van der Waals surface area contributed by atoms with Gasteiger partial charge in [0.05, 0.1) is 6.61 Å². The summed E-state index contributed by atoms with van der Waals surface area (Å²) in [6.07, 6.45) is 2.20. The fourth-order valence-corrected chi connectivity index (χ4v) is 1.91. The van der Waals surface area contributed by atoms with E-state index in [1.807, 2.05) is 6.92 Å². The number of aliphatic hydroxyl groups is 2. The highest BCUT2D eigenvalue weighted by Gasteiger charge is 2.25. The molecule has 0 aliphatic rings. The molecule has 0 spiro atoms. The smallest absolute Gasteiger partial charge is 0.219 e. The van der Waals surface area contributed by atoms with Crippen molar-refractivity contribution in [3.05, 3.63) is 0 Å². The van der Waals surface area contributed by atoms with Crippen LogP contribution in [0.2, 0.25) is 0 Å². The standard InChI is InChI=1S/C14H29NO4/c1-4-7-8-11(5-2)13(17)14(18)19-10-9-15-12(16)6-3/h11,13-14,17-18H,4-10H2,1-3H3,(H,15,16). The molecule has 0 aliphatic heterocycles. The molecule has 0 fully saturated rings. The van der Waals surface area contributed by atoms with Crippen LogP contribution in [0.4, 0.5) is 0 Å². The normalized spacial score (nSPS) is 15.8. The summed E-state index contributed by atoms with van der Waals surface area (Å²) < 4.78 is 5.15. The van der Waals surface area contributed by atoms with Crippen molar-refractivity contribution < 1.29 is 19.7 Å². The number of amides is 1. The number of hydrogen-bond donors (Lipinski definition) is 3. The van der Waals surface area contributed by atoms with Gasteiger partial charge >= 0.3 is 0 Å². The van der Waals surface area contributed by atoms with Crippen molar-refractivity contribution >= 4 is 5.91 Å². The van der Waals surface area contributed by atoms with Crippen LogP contribution >= 0.6 is 0 Å². The molecule has 3 atom stereocenters. The number of carbonyl (C=O) groups excluding carboxylic acids is 1. The van der Waals surface area contributed by atoms with Crippen molar-refractivity contribution in [3.63, 3.8) is 0 Å². The Bertz CT molecular complexity index is 235. The van der Waals surface area contributed by atoms with E-state index in [2.05, 4.69) is 12.2 Å². The Morgan fingerprint density at radius 2 is 1.95 bits per heavy atom. The zero-order chi connectivity index (χ0) is 14.7. The SMILES string of the molecule is CCCCC(CC)C(O)C(O)OCCNC(=O)CC. The lowest BCUT2D eigenvalue weighted by Crippen LogP contribution is -2.37. The first-order valence-electron chi connectivity index (χ1n) is 7.31. The van der Waals surface area contributed by atoms with Crippen molar-refractivity contribution in [1.82, 2.24) is 5.32 Å². The van der Waals surface area contributed by atoms with Gasteiger partial charge in [0.15, 0.2) is 6.29 Å².